The largest absolute Gasteiger partial charge is 0.331 e. The van der Waals surface area contributed by atoms with Crippen LogP contribution in [0.1, 0.15) is 21.9 Å². The summed E-state index contributed by atoms with van der Waals surface area (Å²) >= 11 is 0. The van der Waals surface area contributed by atoms with Gasteiger partial charge in [0.25, 0.3) is 11.9 Å². The van der Waals surface area contributed by atoms with Crippen LogP contribution >= 0.6 is 0 Å². The Hall–Kier alpha value is -3.82. The van der Waals surface area contributed by atoms with Crippen molar-refractivity contribution >= 4 is 5.91 Å². The molecule has 0 saturated heterocycles. The predicted octanol–water partition coefficient (Wildman–Crippen LogP) is 0.974. The molecule has 0 atom stereocenters. The molecule has 1 aliphatic heterocycles. The third-order valence-electron chi connectivity index (χ3n) is 4.59. The van der Waals surface area contributed by atoms with E-state index in [4.69, 9.17) is 0 Å². The summed E-state index contributed by atoms with van der Waals surface area (Å²) in [5.41, 5.74) is 4.02. The van der Waals surface area contributed by atoms with Gasteiger partial charge in [0.05, 0.1) is 12.2 Å². The molecule has 0 bridgehead atoms. The first-order valence-electron chi connectivity index (χ1n) is 8.48. The van der Waals surface area contributed by atoms with Crippen molar-refractivity contribution in [3.05, 3.63) is 60.1 Å². The SMILES string of the molecule is O=C(c1nc(-n2cnnc2)n[nH]1)N1CCc2[nH]nc(-c3ccccc3)c2C1. The normalized spacial score (nSPS) is 13.6. The summed E-state index contributed by atoms with van der Waals surface area (Å²) in [5.74, 6) is 0.314. The maximum absolute atomic E-state index is 12.9. The zero-order chi connectivity index (χ0) is 18.2. The zero-order valence-corrected chi connectivity index (χ0v) is 14.2. The number of carbonyl (C=O) groups is 1. The third-order valence-corrected chi connectivity index (χ3v) is 4.59. The van der Waals surface area contributed by atoms with Crippen LogP contribution in [0.25, 0.3) is 17.2 Å². The van der Waals surface area contributed by atoms with Crippen LogP contribution in [0.5, 0.6) is 0 Å². The van der Waals surface area contributed by atoms with Crippen molar-refractivity contribution in [2.75, 3.05) is 6.54 Å². The molecule has 27 heavy (non-hydrogen) atoms. The molecule has 10 nitrogen and oxygen atoms in total. The molecule has 134 valence electrons. The highest BCUT2D eigenvalue weighted by molar-refractivity contribution is 5.90. The second-order valence-corrected chi connectivity index (χ2v) is 6.23. The number of aromatic amines is 2. The number of nitrogens with zero attached hydrogens (tertiary/aromatic N) is 7. The maximum Gasteiger partial charge on any atom is 0.291 e. The van der Waals surface area contributed by atoms with E-state index in [2.05, 4.69) is 35.6 Å². The van der Waals surface area contributed by atoms with Crippen molar-refractivity contribution in [1.29, 1.82) is 0 Å². The molecule has 4 aromatic rings. The van der Waals surface area contributed by atoms with Gasteiger partial charge in [-0.1, -0.05) is 30.3 Å². The molecular weight excluding hydrogens is 346 g/mol. The van der Waals surface area contributed by atoms with Gasteiger partial charge < -0.3 is 4.90 Å². The van der Waals surface area contributed by atoms with Gasteiger partial charge in [0.15, 0.2) is 0 Å². The Labute approximate surface area is 153 Å². The van der Waals surface area contributed by atoms with Crippen LogP contribution in [-0.2, 0) is 13.0 Å². The predicted molar refractivity (Wildman–Crippen MR) is 93.8 cm³/mol. The summed E-state index contributed by atoms with van der Waals surface area (Å²) in [6, 6.07) is 9.94. The molecule has 1 amide bonds. The van der Waals surface area contributed by atoms with E-state index in [1.807, 2.05) is 30.3 Å². The lowest BCUT2D eigenvalue weighted by atomic mass is 10.0. The van der Waals surface area contributed by atoms with Crippen molar-refractivity contribution in [2.24, 2.45) is 0 Å². The number of nitrogens with one attached hydrogen (secondary N) is 2. The lowest BCUT2D eigenvalue weighted by Gasteiger charge is -2.26. The van der Waals surface area contributed by atoms with Gasteiger partial charge in [-0.2, -0.15) is 10.1 Å². The van der Waals surface area contributed by atoms with E-state index >= 15 is 0 Å². The van der Waals surface area contributed by atoms with Gasteiger partial charge in [0.1, 0.15) is 12.7 Å². The van der Waals surface area contributed by atoms with E-state index in [9.17, 15) is 4.79 Å². The first-order valence-corrected chi connectivity index (χ1v) is 8.48. The van der Waals surface area contributed by atoms with Gasteiger partial charge >= 0.3 is 0 Å². The molecule has 0 radical (unpaired) electrons. The summed E-state index contributed by atoms with van der Waals surface area (Å²) in [5, 5.41) is 21.7. The van der Waals surface area contributed by atoms with E-state index in [1.165, 1.54) is 17.2 Å². The Kier molecular flexibility index (Phi) is 3.52. The van der Waals surface area contributed by atoms with Crippen LogP contribution in [-0.4, -0.2) is 57.5 Å². The number of amides is 1. The standard InChI is InChI=1S/C17H15N9O/c27-16(15-20-17(24-23-15)26-9-18-19-10-26)25-7-6-13-12(8-25)14(22-21-13)11-4-2-1-3-5-11/h1-5,9-10H,6-8H2,(H,21,22)(H,20,23,24). The highest BCUT2D eigenvalue weighted by Gasteiger charge is 2.28. The number of H-pyrrole nitrogens is 2. The molecule has 0 unspecified atom stereocenters. The first-order chi connectivity index (χ1) is 13.3. The number of carbonyl (C=O) groups excluding carboxylic acids is 1. The van der Waals surface area contributed by atoms with Crippen LogP contribution in [0.15, 0.2) is 43.0 Å². The molecule has 4 heterocycles. The van der Waals surface area contributed by atoms with E-state index < -0.39 is 0 Å². The highest BCUT2D eigenvalue weighted by atomic mass is 16.2. The average molecular weight is 361 g/mol. The van der Waals surface area contributed by atoms with Crippen molar-refractivity contribution in [3.8, 4) is 17.2 Å². The van der Waals surface area contributed by atoms with Gasteiger partial charge in [-0.15, -0.1) is 15.3 Å². The minimum atomic E-state index is -0.201. The number of rotatable bonds is 3. The van der Waals surface area contributed by atoms with Crippen molar-refractivity contribution in [1.82, 2.24) is 45.0 Å². The zero-order valence-electron chi connectivity index (χ0n) is 14.2. The maximum atomic E-state index is 12.9. The second-order valence-electron chi connectivity index (χ2n) is 6.23. The number of benzene rings is 1. The van der Waals surface area contributed by atoms with E-state index in [0.29, 0.717) is 25.5 Å². The monoisotopic (exact) mass is 361 g/mol. The molecule has 0 spiro atoms. The van der Waals surface area contributed by atoms with Crippen molar-refractivity contribution < 1.29 is 4.79 Å². The molecule has 1 aromatic carbocycles. The van der Waals surface area contributed by atoms with Crippen LogP contribution in [0.2, 0.25) is 0 Å². The summed E-state index contributed by atoms with van der Waals surface area (Å²) in [6.45, 7) is 1.06. The third kappa shape index (κ3) is 2.67. The lowest BCUT2D eigenvalue weighted by Crippen LogP contribution is -2.36. The molecule has 0 aliphatic carbocycles. The highest BCUT2D eigenvalue weighted by Crippen LogP contribution is 2.28. The Balaban J connectivity index is 1.41. The summed E-state index contributed by atoms with van der Waals surface area (Å²) < 4.78 is 1.53. The Bertz CT molecular complexity index is 1080. The lowest BCUT2D eigenvalue weighted by molar-refractivity contribution is 0.0722. The van der Waals surface area contributed by atoms with E-state index in [-0.39, 0.29) is 11.7 Å². The fourth-order valence-corrected chi connectivity index (χ4v) is 3.22. The van der Waals surface area contributed by atoms with Gasteiger partial charge in [0.2, 0.25) is 5.82 Å². The minimum absolute atomic E-state index is 0.187. The average Bonchev–Trinajstić information content (AvgIpc) is 3.47. The van der Waals surface area contributed by atoms with Gasteiger partial charge in [-0.3, -0.25) is 19.6 Å². The van der Waals surface area contributed by atoms with E-state index in [1.54, 1.807) is 4.90 Å². The number of hydrogen-bond acceptors (Lipinski definition) is 6. The van der Waals surface area contributed by atoms with Crippen molar-refractivity contribution in [2.45, 2.75) is 13.0 Å². The number of hydrogen-bond donors (Lipinski definition) is 2. The molecule has 10 heteroatoms. The fraction of sp³-hybridized carbons (Fsp3) is 0.176. The summed E-state index contributed by atoms with van der Waals surface area (Å²) in [6.07, 6.45) is 3.66. The van der Waals surface area contributed by atoms with Crippen LogP contribution in [0.3, 0.4) is 0 Å². The summed E-state index contributed by atoms with van der Waals surface area (Å²) in [7, 11) is 0. The topological polar surface area (TPSA) is 121 Å². The summed E-state index contributed by atoms with van der Waals surface area (Å²) in [4.78, 5) is 18.9. The fourth-order valence-electron chi connectivity index (χ4n) is 3.22. The number of fused-ring (bicyclic) bond motifs is 1. The van der Waals surface area contributed by atoms with Crippen molar-refractivity contribution in [3.63, 3.8) is 0 Å². The Morgan fingerprint density at radius 1 is 1.04 bits per heavy atom. The van der Waals surface area contributed by atoms with Crippen LogP contribution in [0, 0.1) is 0 Å². The molecule has 1 aliphatic rings. The molecular formula is C17H15N9O. The van der Waals surface area contributed by atoms with Crippen LogP contribution < -0.4 is 0 Å². The Morgan fingerprint density at radius 3 is 2.67 bits per heavy atom. The number of aromatic nitrogens is 8. The molecule has 2 N–H and O–H groups in total. The molecule has 3 aromatic heterocycles. The Morgan fingerprint density at radius 2 is 1.85 bits per heavy atom. The van der Waals surface area contributed by atoms with Crippen LogP contribution in [0.4, 0.5) is 0 Å². The van der Waals surface area contributed by atoms with Gasteiger partial charge in [-0.05, 0) is 0 Å². The molecule has 0 fully saturated rings. The minimum Gasteiger partial charge on any atom is -0.331 e. The molecule has 0 saturated carbocycles. The second kappa shape index (κ2) is 6.16. The molecule has 5 rings (SSSR count). The smallest absolute Gasteiger partial charge is 0.291 e. The van der Waals surface area contributed by atoms with Gasteiger partial charge in [-0.25, -0.2) is 0 Å². The quantitative estimate of drug-likeness (QED) is 0.561. The van der Waals surface area contributed by atoms with Gasteiger partial charge in [0, 0.05) is 29.8 Å². The van der Waals surface area contributed by atoms with E-state index in [0.717, 1.165) is 22.5 Å². The first kappa shape index (κ1) is 15.4.